The molecule has 66 valence electrons. The topological polar surface area (TPSA) is 24.1 Å². The van der Waals surface area contributed by atoms with E-state index in [1.807, 2.05) is 0 Å². The third kappa shape index (κ3) is 3.73. The Morgan fingerprint density at radius 3 is 2.64 bits per heavy atom. The van der Waals surface area contributed by atoms with Crippen LogP contribution < -0.4 is 10.6 Å². The Morgan fingerprint density at radius 2 is 2.18 bits per heavy atom. The maximum absolute atomic E-state index is 3.56. The van der Waals surface area contributed by atoms with E-state index in [-0.39, 0.29) is 0 Å². The third-order valence-corrected chi connectivity index (χ3v) is 1.98. The minimum Gasteiger partial charge on any atom is -0.315 e. The normalized spacial score (nSPS) is 25.9. The van der Waals surface area contributed by atoms with E-state index >= 15 is 0 Å². The van der Waals surface area contributed by atoms with E-state index in [2.05, 4.69) is 31.4 Å². The molecule has 0 aromatic rings. The van der Waals surface area contributed by atoms with Crippen LogP contribution in [0.4, 0.5) is 0 Å². The highest BCUT2D eigenvalue weighted by molar-refractivity contribution is 4.79. The zero-order chi connectivity index (χ0) is 8.32. The maximum atomic E-state index is 3.56. The Labute approximate surface area is 69.8 Å². The van der Waals surface area contributed by atoms with Gasteiger partial charge < -0.3 is 10.6 Å². The van der Waals surface area contributed by atoms with Crippen LogP contribution in [-0.2, 0) is 0 Å². The molecule has 0 unspecified atom stereocenters. The van der Waals surface area contributed by atoms with Gasteiger partial charge in [-0.05, 0) is 18.4 Å². The highest BCUT2D eigenvalue weighted by Gasteiger charge is 2.16. The molecule has 11 heavy (non-hydrogen) atoms. The smallest absolute Gasteiger partial charge is 0.0204 e. The largest absolute Gasteiger partial charge is 0.315 e. The SMILES string of the molecule is CC(C)(C)CN[C@@H]1CCNC1. The fourth-order valence-electron chi connectivity index (χ4n) is 1.28. The van der Waals surface area contributed by atoms with Crippen molar-refractivity contribution in [1.82, 2.24) is 10.6 Å². The van der Waals surface area contributed by atoms with Crippen LogP contribution in [0, 0.1) is 5.41 Å². The second-order valence-corrected chi connectivity index (χ2v) is 4.63. The Kier molecular flexibility index (Phi) is 2.90. The lowest BCUT2D eigenvalue weighted by molar-refractivity contribution is 0.356. The second kappa shape index (κ2) is 3.55. The number of hydrogen-bond donors (Lipinski definition) is 2. The van der Waals surface area contributed by atoms with Gasteiger partial charge in [-0.2, -0.15) is 0 Å². The highest BCUT2D eigenvalue weighted by atomic mass is 15.0. The molecule has 1 fully saturated rings. The Balaban J connectivity index is 2.11. The van der Waals surface area contributed by atoms with E-state index < -0.39 is 0 Å². The van der Waals surface area contributed by atoms with E-state index in [9.17, 15) is 0 Å². The standard InChI is InChI=1S/C9H20N2/c1-9(2,3)7-11-8-4-5-10-6-8/h8,10-11H,4-7H2,1-3H3/t8-/m1/s1. The zero-order valence-corrected chi connectivity index (χ0v) is 7.91. The Bertz CT molecular complexity index is 109. The van der Waals surface area contributed by atoms with Crippen molar-refractivity contribution in [2.45, 2.75) is 33.2 Å². The molecule has 0 bridgehead atoms. The first-order valence-corrected chi connectivity index (χ1v) is 4.52. The first-order chi connectivity index (χ1) is 5.08. The van der Waals surface area contributed by atoms with E-state index in [0.717, 1.165) is 13.1 Å². The number of hydrogen-bond acceptors (Lipinski definition) is 2. The first-order valence-electron chi connectivity index (χ1n) is 4.52. The van der Waals surface area contributed by atoms with Gasteiger partial charge in [0.15, 0.2) is 0 Å². The van der Waals surface area contributed by atoms with Crippen LogP contribution in [0.5, 0.6) is 0 Å². The summed E-state index contributed by atoms with van der Waals surface area (Å²) in [6.07, 6.45) is 1.29. The van der Waals surface area contributed by atoms with Gasteiger partial charge in [-0.25, -0.2) is 0 Å². The molecule has 1 aliphatic rings. The minimum absolute atomic E-state index is 0.419. The minimum atomic E-state index is 0.419. The number of nitrogens with one attached hydrogen (secondary N) is 2. The average Bonchev–Trinajstić information content (AvgIpc) is 2.32. The van der Waals surface area contributed by atoms with Crippen molar-refractivity contribution in [3.05, 3.63) is 0 Å². The second-order valence-electron chi connectivity index (χ2n) is 4.63. The molecule has 0 saturated carbocycles. The van der Waals surface area contributed by atoms with Crippen molar-refractivity contribution in [2.75, 3.05) is 19.6 Å². The van der Waals surface area contributed by atoms with Gasteiger partial charge in [-0.1, -0.05) is 20.8 Å². The van der Waals surface area contributed by atoms with Crippen LogP contribution >= 0.6 is 0 Å². The quantitative estimate of drug-likeness (QED) is 0.623. The molecule has 0 spiro atoms. The fraction of sp³-hybridized carbons (Fsp3) is 1.00. The lowest BCUT2D eigenvalue weighted by Crippen LogP contribution is -2.36. The predicted molar refractivity (Wildman–Crippen MR) is 48.7 cm³/mol. The van der Waals surface area contributed by atoms with Crippen LogP contribution in [0.25, 0.3) is 0 Å². The van der Waals surface area contributed by atoms with Crippen molar-refractivity contribution in [3.63, 3.8) is 0 Å². The molecule has 0 radical (unpaired) electrons. The van der Waals surface area contributed by atoms with Crippen molar-refractivity contribution in [3.8, 4) is 0 Å². The summed E-state index contributed by atoms with van der Waals surface area (Å²) in [4.78, 5) is 0. The Morgan fingerprint density at radius 1 is 1.45 bits per heavy atom. The number of rotatable bonds is 2. The summed E-state index contributed by atoms with van der Waals surface area (Å²) in [6, 6.07) is 0.717. The predicted octanol–water partition coefficient (Wildman–Crippen LogP) is 0.984. The summed E-state index contributed by atoms with van der Waals surface area (Å²) >= 11 is 0. The molecule has 0 aromatic heterocycles. The van der Waals surface area contributed by atoms with Crippen LogP contribution in [0.2, 0.25) is 0 Å². The molecule has 1 rings (SSSR count). The lowest BCUT2D eigenvalue weighted by atomic mass is 9.96. The zero-order valence-electron chi connectivity index (χ0n) is 7.91. The van der Waals surface area contributed by atoms with Crippen LogP contribution in [-0.4, -0.2) is 25.7 Å². The molecule has 0 aliphatic carbocycles. The molecule has 2 heteroatoms. The Hall–Kier alpha value is -0.0800. The van der Waals surface area contributed by atoms with Gasteiger partial charge in [0.25, 0.3) is 0 Å². The fourth-order valence-corrected chi connectivity index (χ4v) is 1.28. The van der Waals surface area contributed by atoms with Crippen molar-refractivity contribution in [2.24, 2.45) is 5.41 Å². The molecule has 1 aliphatic heterocycles. The molecule has 1 saturated heterocycles. The van der Waals surface area contributed by atoms with Gasteiger partial charge >= 0.3 is 0 Å². The highest BCUT2D eigenvalue weighted by Crippen LogP contribution is 2.11. The van der Waals surface area contributed by atoms with Crippen LogP contribution in [0.3, 0.4) is 0 Å². The molecule has 0 aromatic carbocycles. The van der Waals surface area contributed by atoms with Crippen molar-refractivity contribution < 1.29 is 0 Å². The van der Waals surface area contributed by atoms with Gasteiger partial charge in [0.05, 0.1) is 0 Å². The van der Waals surface area contributed by atoms with Crippen LogP contribution in [0.1, 0.15) is 27.2 Å². The lowest BCUT2D eigenvalue weighted by Gasteiger charge is -2.21. The molecular formula is C9H20N2. The summed E-state index contributed by atoms with van der Waals surface area (Å²) in [5, 5.41) is 6.91. The van der Waals surface area contributed by atoms with Gasteiger partial charge in [0, 0.05) is 19.1 Å². The summed E-state index contributed by atoms with van der Waals surface area (Å²) in [5.74, 6) is 0. The van der Waals surface area contributed by atoms with E-state index in [4.69, 9.17) is 0 Å². The molecule has 0 amide bonds. The third-order valence-electron chi connectivity index (χ3n) is 1.98. The molecule has 1 heterocycles. The van der Waals surface area contributed by atoms with E-state index in [0.29, 0.717) is 11.5 Å². The van der Waals surface area contributed by atoms with E-state index in [1.165, 1.54) is 13.0 Å². The first kappa shape index (κ1) is 9.01. The summed E-state index contributed by atoms with van der Waals surface area (Å²) in [5.41, 5.74) is 0.419. The monoisotopic (exact) mass is 156 g/mol. The van der Waals surface area contributed by atoms with E-state index in [1.54, 1.807) is 0 Å². The summed E-state index contributed by atoms with van der Waals surface area (Å²) in [7, 11) is 0. The molecule has 2 N–H and O–H groups in total. The molecular weight excluding hydrogens is 136 g/mol. The van der Waals surface area contributed by atoms with Crippen molar-refractivity contribution in [1.29, 1.82) is 0 Å². The molecule has 2 nitrogen and oxygen atoms in total. The summed E-state index contributed by atoms with van der Waals surface area (Å²) in [6.45, 7) is 10.3. The average molecular weight is 156 g/mol. The van der Waals surface area contributed by atoms with Gasteiger partial charge in [-0.3, -0.25) is 0 Å². The van der Waals surface area contributed by atoms with Gasteiger partial charge in [-0.15, -0.1) is 0 Å². The maximum Gasteiger partial charge on any atom is 0.0204 e. The van der Waals surface area contributed by atoms with Gasteiger partial charge in [0.2, 0.25) is 0 Å². The van der Waals surface area contributed by atoms with Gasteiger partial charge in [0.1, 0.15) is 0 Å². The molecule has 1 atom stereocenters. The van der Waals surface area contributed by atoms with Crippen LogP contribution in [0.15, 0.2) is 0 Å². The van der Waals surface area contributed by atoms with Crippen molar-refractivity contribution >= 4 is 0 Å². The summed E-state index contributed by atoms with van der Waals surface area (Å²) < 4.78 is 0.